The summed E-state index contributed by atoms with van der Waals surface area (Å²) in [5.74, 6) is -1.54. The van der Waals surface area contributed by atoms with Gasteiger partial charge < -0.3 is 30.2 Å². The molecule has 1 saturated carbocycles. The number of ether oxygens (including phenoxy) is 3. The zero-order chi connectivity index (χ0) is 20.1. The molecule has 156 valence electrons. The Hall–Kier alpha value is -2.08. The quantitative estimate of drug-likeness (QED) is 0.480. The van der Waals surface area contributed by atoms with Crippen molar-refractivity contribution in [2.75, 3.05) is 13.2 Å². The van der Waals surface area contributed by atoms with Crippen LogP contribution in [0.4, 0.5) is 0 Å². The monoisotopic (exact) mass is 398 g/mol. The fourth-order valence-electron chi connectivity index (χ4n) is 3.38. The van der Waals surface area contributed by atoms with Crippen LogP contribution >= 0.6 is 0 Å². The van der Waals surface area contributed by atoms with E-state index in [1.165, 1.54) is 6.42 Å². The summed E-state index contributed by atoms with van der Waals surface area (Å²) in [5.41, 5.74) is 5.09. The minimum absolute atomic E-state index is 0.107. The van der Waals surface area contributed by atoms with E-state index in [4.69, 9.17) is 19.9 Å². The van der Waals surface area contributed by atoms with Gasteiger partial charge in [0.25, 0.3) is 5.91 Å². The lowest BCUT2D eigenvalue weighted by molar-refractivity contribution is -0.152. The van der Waals surface area contributed by atoms with Crippen molar-refractivity contribution in [1.29, 1.82) is 0 Å². The van der Waals surface area contributed by atoms with Gasteiger partial charge >= 0.3 is 5.97 Å². The molecule has 1 amide bonds. The highest BCUT2D eigenvalue weighted by molar-refractivity contribution is 5.88. The van der Waals surface area contributed by atoms with Crippen LogP contribution in [-0.2, 0) is 19.0 Å². The van der Waals surface area contributed by atoms with E-state index in [-0.39, 0.29) is 31.6 Å². The van der Waals surface area contributed by atoms with Crippen molar-refractivity contribution >= 4 is 11.9 Å². The smallest absolute Gasteiger partial charge is 0.308 e. The van der Waals surface area contributed by atoms with Crippen LogP contribution in [0.25, 0.3) is 0 Å². The van der Waals surface area contributed by atoms with E-state index in [1.807, 2.05) is 0 Å². The number of primary amides is 1. The van der Waals surface area contributed by atoms with E-state index in [2.05, 4.69) is 10.1 Å². The third-order valence-electron chi connectivity index (χ3n) is 4.95. The van der Waals surface area contributed by atoms with Crippen molar-refractivity contribution in [2.45, 2.75) is 69.2 Å². The second-order valence-corrected chi connectivity index (χ2v) is 7.02. The number of esters is 1. The predicted octanol–water partition coefficient (Wildman–Crippen LogP) is -0.721. The number of nitrogens with zero attached hydrogens (tertiary/aromatic N) is 3. The molecule has 3 rings (SSSR count). The maximum absolute atomic E-state index is 11.9. The van der Waals surface area contributed by atoms with Gasteiger partial charge in [0.1, 0.15) is 31.2 Å². The minimum atomic E-state index is -1.33. The molecule has 2 aliphatic rings. The third kappa shape index (κ3) is 5.04. The third-order valence-corrected chi connectivity index (χ3v) is 4.95. The molecule has 0 bridgehead atoms. The lowest BCUT2D eigenvalue weighted by Gasteiger charge is -2.21. The Morgan fingerprint density at radius 1 is 1.25 bits per heavy atom. The number of hydrogen-bond acceptors (Lipinski definition) is 9. The van der Waals surface area contributed by atoms with Gasteiger partial charge in [0.15, 0.2) is 6.23 Å². The molecule has 2 fully saturated rings. The summed E-state index contributed by atoms with van der Waals surface area (Å²) < 4.78 is 17.4. The highest BCUT2D eigenvalue weighted by Gasteiger charge is 2.45. The lowest BCUT2D eigenvalue weighted by atomic mass is 9.98. The molecule has 0 radical (unpaired) electrons. The van der Waals surface area contributed by atoms with Crippen LogP contribution in [0, 0.1) is 0 Å². The first-order valence-corrected chi connectivity index (χ1v) is 9.45. The fourth-order valence-corrected chi connectivity index (χ4v) is 3.38. The van der Waals surface area contributed by atoms with Gasteiger partial charge in [-0.15, -0.1) is 5.10 Å². The van der Waals surface area contributed by atoms with Crippen LogP contribution in [-0.4, -0.2) is 74.5 Å². The van der Waals surface area contributed by atoms with Crippen molar-refractivity contribution in [1.82, 2.24) is 14.8 Å². The SMILES string of the molecule is NC(=O)c1ncn([C@@H]2O[C@H](COC(=O)CCOC3CCCCC3)[C@@H](O)[C@H]2O)n1. The van der Waals surface area contributed by atoms with Crippen LogP contribution in [0.1, 0.15) is 55.4 Å². The van der Waals surface area contributed by atoms with Crippen molar-refractivity contribution < 1.29 is 34.0 Å². The van der Waals surface area contributed by atoms with Crippen LogP contribution in [0.5, 0.6) is 0 Å². The summed E-state index contributed by atoms with van der Waals surface area (Å²) in [5, 5.41) is 24.1. The molecule has 1 aromatic heterocycles. The van der Waals surface area contributed by atoms with E-state index in [0.29, 0.717) is 0 Å². The Morgan fingerprint density at radius 2 is 2.00 bits per heavy atom. The second-order valence-electron chi connectivity index (χ2n) is 7.02. The largest absolute Gasteiger partial charge is 0.463 e. The van der Waals surface area contributed by atoms with Gasteiger partial charge in [-0.2, -0.15) is 0 Å². The normalized spacial score (nSPS) is 28.4. The molecular formula is C17H26N4O7. The van der Waals surface area contributed by atoms with Crippen molar-refractivity contribution in [3.8, 4) is 0 Å². The summed E-state index contributed by atoms with van der Waals surface area (Å²) in [6, 6.07) is 0. The van der Waals surface area contributed by atoms with Crippen LogP contribution in [0.2, 0.25) is 0 Å². The molecule has 1 aliphatic heterocycles. The highest BCUT2D eigenvalue weighted by Crippen LogP contribution is 2.29. The molecule has 2 heterocycles. The van der Waals surface area contributed by atoms with Gasteiger partial charge in [0.2, 0.25) is 5.82 Å². The predicted molar refractivity (Wildman–Crippen MR) is 92.9 cm³/mol. The number of aliphatic hydroxyl groups is 2. The topological polar surface area (TPSA) is 159 Å². The number of carbonyl (C=O) groups excluding carboxylic acids is 2. The number of amides is 1. The highest BCUT2D eigenvalue weighted by atomic mass is 16.6. The summed E-state index contributed by atoms with van der Waals surface area (Å²) in [4.78, 5) is 26.6. The van der Waals surface area contributed by atoms with Gasteiger partial charge in [-0.1, -0.05) is 19.3 Å². The molecule has 11 heteroatoms. The first kappa shape index (κ1) is 20.6. The van der Waals surface area contributed by atoms with E-state index < -0.39 is 36.4 Å². The van der Waals surface area contributed by atoms with Gasteiger partial charge in [-0.25, -0.2) is 9.67 Å². The van der Waals surface area contributed by atoms with E-state index in [9.17, 15) is 19.8 Å². The fraction of sp³-hybridized carbons (Fsp3) is 0.765. The van der Waals surface area contributed by atoms with Crippen molar-refractivity contribution in [3.05, 3.63) is 12.2 Å². The van der Waals surface area contributed by atoms with Gasteiger partial charge in [0.05, 0.1) is 19.1 Å². The Morgan fingerprint density at radius 3 is 2.68 bits per heavy atom. The summed E-state index contributed by atoms with van der Waals surface area (Å²) in [6.45, 7) is 0.0615. The molecule has 4 atom stereocenters. The lowest BCUT2D eigenvalue weighted by Crippen LogP contribution is -2.34. The number of hydrogen-bond donors (Lipinski definition) is 3. The minimum Gasteiger partial charge on any atom is -0.463 e. The van der Waals surface area contributed by atoms with Crippen molar-refractivity contribution in [2.24, 2.45) is 5.73 Å². The van der Waals surface area contributed by atoms with Gasteiger partial charge in [0, 0.05) is 0 Å². The molecule has 1 saturated heterocycles. The molecule has 1 aliphatic carbocycles. The molecule has 28 heavy (non-hydrogen) atoms. The molecule has 0 aromatic carbocycles. The molecule has 0 spiro atoms. The van der Waals surface area contributed by atoms with E-state index >= 15 is 0 Å². The summed E-state index contributed by atoms with van der Waals surface area (Å²) in [7, 11) is 0. The number of carbonyl (C=O) groups is 2. The molecule has 4 N–H and O–H groups in total. The van der Waals surface area contributed by atoms with Crippen molar-refractivity contribution in [3.63, 3.8) is 0 Å². The average molecular weight is 398 g/mol. The Labute approximate surface area is 161 Å². The van der Waals surface area contributed by atoms with Crippen LogP contribution in [0.15, 0.2) is 6.33 Å². The summed E-state index contributed by atoms with van der Waals surface area (Å²) >= 11 is 0. The van der Waals surface area contributed by atoms with Crippen LogP contribution in [0.3, 0.4) is 0 Å². The maximum atomic E-state index is 11.9. The first-order valence-electron chi connectivity index (χ1n) is 9.45. The number of aromatic nitrogens is 3. The van der Waals surface area contributed by atoms with E-state index in [0.717, 1.165) is 36.7 Å². The maximum Gasteiger partial charge on any atom is 0.308 e. The Bertz CT molecular complexity index is 676. The zero-order valence-electron chi connectivity index (χ0n) is 15.5. The number of nitrogens with two attached hydrogens (primary N) is 1. The molecule has 1 aromatic rings. The average Bonchev–Trinajstić information content (AvgIpc) is 3.27. The zero-order valence-corrected chi connectivity index (χ0v) is 15.5. The first-order chi connectivity index (χ1) is 13.5. The van der Waals surface area contributed by atoms with Gasteiger partial charge in [-0.05, 0) is 12.8 Å². The molecule has 0 unspecified atom stereocenters. The standard InChI is InChI=1S/C17H26N4O7/c18-15(25)16-19-9-21(20-16)17-14(24)13(23)11(28-17)8-27-12(22)6-7-26-10-4-2-1-3-5-10/h9-11,13-14,17,23-24H,1-8H2,(H2,18,25)/t11-,13-,14-,17-/m1/s1. The number of aliphatic hydroxyl groups excluding tert-OH is 2. The van der Waals surface area contributed by atoms with Crippen LogP contribution < -0.4 is 5.73 Å². The molecule has 11 nitrogen and oxygen atoms in total. The Balaban J connectivity index is 1.42. The van der Waals surface area contributed by atoms with Gasteiger partial charge in [-0.3, -0.25) is 9.59 Å². The number of rotatable bonds is 8. The Kier molecular flexibility index (Phi) is 6.94. The second kappa shape index (κ2) is 9.41. The van der Waals surface area contributed by atoms with E-state index in [1.54, 1.807) is 0 Å². The summed E-state index contributed by atoms with van der Waals surface area (Å²) in [6.07, 6.45) is 2.43. The molecular weight excluding hydrogens is 372 g/mol.